The van der Waals surface area contributed by atoms with Gasteiger partial charge in [0.05, 0.1) is 5.56 Å². The van der Waals surface area contributed by atoms with Crippen molar-refractivity contribution >= 4 is 11.8 Å². The van der Waals surface area contributed by atoms with Crippen molar-refractivity contribution in [3.05, 3.63) is 35.4 Å². The summed E-state index contributed by atoms with van der Waals surface area (Å²) in [6, 6.07) is 3.03. The lowest BCUT2D eigenvalue weighted by molar-refractivity contribution is -0.132. The Balaban J connectivity index is 1.19. The van der Waals surface area contributed by atoms with E-state index in [1.165, 1.54) is 25.3 Å². The first-order valence-electron chi connectivity index (χ1n) is 11.0. The molecule has 6 heteroatoms. The first kappa shape index (κ1) is 19.0. The molecule has 0 aromatic heterocycles. The van der Waals surface area contributed by atoms with Crippen LogP contribution in [-0.4, -0.2) is 35.3 Å². The maximum absolute atomic E-state index is 13.9. The third kappa shape index (κ3) is 3.55. The lowest BCUT2D eigenvalue weighted by Gasteiger charge is -2.57. The van der Waals surface area contributed by atoms with Crippen LogP contribution in [0.5, 0.6) is 0 Å². The molecule has 1 N–H and O–H groups in total. The average molecular weight is 402 g/mol. The van der Waals surface area contributed by atoms with Gasteiger partial charge in [-0.05, 0) is 81.3 Å². The number of amides is 2. The van der Waals surface area contributed by atoms with Crippen molar-refractivity contribution in [1.29, 1.82) is 0 Å². The number of rotatable bonds is 3. The summed E-state index contributed by atoms with van der Waals surface area (Å²) in [4.78, 5) is 27.1. The van der Waals surface area contributed by atoms with Crippen molar-refractivity contribution in [2.75, 3.05) is 13.1 Å². The van der Waals surface area contributed by atoms with Crippen molar-refractivity contribution in [2.45, 2.75) is 56.9 Å². The highest BCUT2D eigenvalue weighted by atomic mass is 19.1. The molecule has 0 atom stereocenters. The average Bonchev–Trinajstić information content (AvgIpc) is 2.66. The number of halogens is 2. The quantitative estimate of drug-likeness (QED) is 0.834. The molecule has 1 aromatic carbocycles. The van der Waals surface area contributed by atoms with E-state index in [-0.39, 0.29) is 22.9 Å². The van der Waals surface area contributed by atoms with E-state index in [1.54, 1.807) is 4.90 Å². The predicted octanol–water partition coefficient (Wildman–Crippen LogP) is 3.90. The summed E-state index contributed by atoms with van der Waals surface area (Å²) in [5.74, 6) is 0.431. The van der Waals surface area contributed by atoms with Gasteiger partial charge in [-0.15, -0.1) is 0 Å². The number of carbonyl (C=O) groups excluding carboxylic acids is 2. The molecule has 0 unspecified atom stereocenters. The zero-order valence-electron chi connectivity index (χ0n) is 16.6. The van der Waals surface area contributed by atoms with E-state index in [4.69, 9.17) is 0 Å². The van der Waals surface area contributed by atoms with Gasteiger partial charge in [-0.3, -0.25) is 9.59 Å². The minimum atomic E-state index is -0.836. The van der Waals surface area contributed by atoms with Gasteiger partial charge in [0, 0.05) is 30.6 Å². The molecule has 1 saturated heterocycles. The van der Waals surface area contributed by atoms with Crippen LogP contribution in [0.15, 0.2) is 18.2 Å². The first-order valence-corrected chi connectivity index (χ1v) is 11.0. The molecule has 4 saturated carbocycles. The number of piperidine rings is 1. The van der Waals surface area contributed by atoms with Crippen LogP contribution in [0.3, 0.4) is 0 Å². The summed E-state index contributed by atoms with van der Waals surface area (Å²) >= 11 is 0. The molecule has 29 heavy (non-hydrogen) atoms. The summed E-state index contributed by atoms with van der Waals surface area (Å²) in [6.07, 6.45) is 8.60. The lowest BCUT2D eigenvalue weighted by atomic mass is 9.53. The largest absolute Gasteiger partial charge is 0.350 e. The number of nitrogens with zero attached hydrogens (tertiary/aromatic N) is 1. The Hall–Kier alpha value is -1.98. The van der Waals surface area contributed by atoms with Gasteiger partial charge in [-0.25, -0.2) is 8.78 Å². The molecule has 5 aliphatic rings. The van der Waals surface area contributed by atoms with Gasteiger partial charge in [0.15, 0.2) is 0 Å². The van der Waals surface area contributed by atoms with Gasteiger partial charge >= 0.3 is 0 Å². The number of hydrogen-bond acceptors (Lipinski definition) is 2. The second-order valence-corrected chi connectivity index (χ2v) is 9.88. The Bertz CT molecular complexity index is 797. The molecule has 0 radical (unpaired) electrons. The Morgan fingerprint density at radius 3 is 2.10 bits per heavy atom. The third-order valence-electron chi connectivity index (χ3n) is 7.74. The number of hydrogen-bond donors (Lipinski definition) is 1. The highest BCUT2D eigenvalue weighted by Gasteiger charge is 2.51. The fraction of sp³-hybridized carbons (Fsp3) is 0.652. The van der Waals surface area contributed by atoms with Crippen LogP contribution in [0.4, 0.5) is 8.78 Å². The molecule has 0 spiro atoms. The van der Waals surface area contributed by atoms with Crippen LogP contribution in [0.2, 0.25) is 0 Å². The fourth-order valence-corrected chi connectivity index (χ4v) is 6.81. The van der Waals surface area contributed by atoms with E-state index in [0.29, 0.717) is 25.9 Å². The topological polar surface area (TPSA) is 49.4 Å². The summed E-state index contributed by atoms with van der Waals surface area (Å²) in [7, 11) is 0. The summed E-state index contributed by atoms with van der Waals surface area (Å²) < 4.78 is 27.0. The lowest BCUT2D eigenvalue weighted by Crippen LogP contribution is -2.61. The highest BCUT2D eigenvalue weighted by molar-refractivity contribution is 5.94. The van der Waals surface area contributed by atoms with Gasteiger partial charge in [0.25, 0.3) is 5.91 Å². The molecule has 2 amide bonds. The van der Waals surface area contributed by atoms with Crippen LogP contribution < -0.4 is 5.32 Å². The fourth-order valence-electron chi connectivity index (χ4n) is 6.81. The summed E-state index contributed by atoms with van der Waals surface area (Å²) in [6.45, 7) is 0.850. The van der Waals surface area contributed by atoms with Gasteiger partial charge < -0.3 is 10.2 Å². The second kappa shape index (κ2) is 7.06. The van der Waals surface area contributed by atoms with Crippen molar-refractivity contribution in [3.8, 4) is 0 Å². The van der Waals surface area contributed by atoms with E-state index in [2.05, 4.69) is 5.32 Å². The van der Waals surface area contributed by atoms with Crippen LogP contribution in [0.25, 0.3) is 0 Å². The Labute approximate surface area is 170 Å². The maximum atomic E-state index is 13.9. The van der Waals surface area contributed by atoms with Gasteiger partial charge in [0.2, 0.25) is 5.91 Å². The van der Waals surface area contributed by atoms with Crippen LogP contribution in [0, 0.1) is 35.3 Å². The van der Waals surface area contributed by atoms with E-state index in [1.807, 2.05) is 0 Å². The number of likely N-dealkylation sites (tertiary alicyclic amines) is 1. The number of carbonyl (C=O) groups is 2. The molecule has 1 heterocycles. The zero-order valence-corrected chi connectivity index (χ0v) is 16.6. The normalized spacial score (nSPS) is 33.7. The standard InChI is InChI=1S/C23H28F2N2O2/c24-18-1-2-19(20(25)10-18)22(29)27-5-3-17(4-6-27)21(28)26-23-11-14-7-15(12-23)9-16(8-14)13-23/h1-2,10,14-17H,3-9,11-13H2,(H,26,28). The Morgan fingerprint density at radius 1 is 0.966 bits per heavy atom. The first-order chi connectivity index (χ1) is 13.9. The van der Waals surface area contributed by atoms with Crippen molar-refractivity contribution in [1.82, 2.24) is 10.2 Å². The van der Waals surface area contributed by atoms with Crippen LogP contribution in [0.1, 0.15) is 61.7 Å². The Kier molecular flexibility index (Phi) is 4.63. The second-order valence-electron chi connectivity index (χ2n) is 9.88. The van der Waals surface area contributed by atoms with E-state index < -0.39 is 17.5 Å². The molecule has 4 aliphatic carbocycles. The van der Waals surface area contributed by atoms with E-state index >= 15 is 0 Å². The van der Waals surface area contributed by atoms with Crippen LogP contribution >= 0.6 is 0 Å². The SMILES string of the molecule is O=C(NC12CC3CC(CC(C3)C1)C2)C1CCN(C(=O)c2ccc(F)cc2F)CC1. The van der Waals surface area contributed by atoms with E-state index in [0.717, 1.165) is 49.1 Å². The van der Waals surface area contributed by atoms with Crippen LogP contribution in [-0.2, 0) is 4.79 Å². The van der Waals surface area contributed by atoms with Gasteiger partial charge in [0.1, 0.15) is 11.6 Å². The number of nitrogens with one attached hydrogen (secondary N) is 1. The maximum Gasteiger partial charge on any atom is 0.256 e. The zero-order chi connectivity index (χ0) is 20.2. The van der Waals surface area contributed by atoms with Crippen molar-refractivity contribution < 1.29 is 18.4 Å². The van der Waals surface area contributed by atoms with Crippen molar-refractivity contribution in [2.24, 2.45) is 23.7 Å². The minimum Gasteiger partial charge on any atom is -0.350 e. The molecule has 4 nitrogen and oxygen atoms in total. The third-order valence-corrected chi connectivity index (χ3v) is 7.74. The Morgan fingerprint density at radius 2 is 1.55 bits per heavy atom. The molecule has 4 bridgehead atoms. The highest BCUT2D eigenvalue weighted by Crippen LogP contribution is 2.55. The molecule has 1 aromatic rings. The number of benzene rings is 1. The summed E-state index contributed by atoms with van der Waals surface area (Å²) in [5.41, 5.74) is -0.0985. The molecule has 5 fully saturated rings. The molecule has 1 aliphatic heterocycles. The molecular weight excluding hydrogens is 374 g/mol. The van der Waals surface area contributed by atoms with Crippen molar-refractivity contribution in [3.63, 3.8) is 0 Å². The monoisotopic (exact) mass is 402 g/mol. The van der Waals surface area contributed by atoms with Gasteiger partial charge in [-0.2, -0.15) is 0 Å². The van der Waals surface area contributed by atoms with E-state index in [9.17, 15) is 18.4 Å². The van der Waals surface area contributed by atoms with Gasteiger partial charge in [-0.1, -0.05) is 0 Å². The minimum absolute atomic E-state index is 0.00995. The molecule has 156 valence electrons. The smallest absolute Gasteiger partial charge is 0.256 e. The molecular formula is C23H28F2N2O2. The predicted molar refractivity (Wildman–Crippen MR) is 104 cm³/mol. The molecule has 6 rings (SSSR count). The summed E-state index contributed by atoms with van der Waals surface area (Å²) in [5, 5.41) is 3.44.